The second-order valence-electron chi connectivity index (χ2n) is 5.27. The molecule has 1 aliphatic heterocycles. The zero-order valence-electron chi connectivity index (χ0n) is 9.84. The molecule has 1 aromatic heterocycles. The minimum atomic E-state index is 0.269. The summed E-state index contributed by atoms with van der Waals surface area (Å²) in [5.41, 5.74) is 7.22. The fourth-order valence-electron chi connectivity index (χ4n) is 3.19. The van der Waals surface area contributed by atoms with Crippen molar-refractivity contribution in [2.24, 2.45) is 17.6 Å². The Kier molecular flexibility index (Phi) is 2.92. The van der Waals surface area contributed by atoms with Gasteiger partial charge in [0.15, 0.2) is 0 Å². The SMILES string of the molecule is NC1CCC2CN(C(=O)Cc3ccsc3)CC12. The van der Waals surface area contributed by atoms with Crippen LogP contribution in [0.15, 0.2) is 16.8 Å². The maximum atomic E-state index is 12.1. The molecule has 3 rings (SSSR count). The van der Waals surface area contributed by atoms with E-state index in [2.05, 4.69) is 5.38 Å². The van der Waals surface area contributed by atoms with Gasteiger partial charge in [-0.3, -0.25) is 4.79 Å². The molecule has 1 saturated carbocycles. The summed E-state index contributed by atoms with van der Waals surface area (Å²) >= 11 is 1.65. The highest BCUT2D eigenvalue weighted by Crippen LogP contribution is 2.37. The van der Waals surface area contributed by atoms with Crippen LogP contribution >= 0.6 is 11.3 Å². The van der Waals surface area contributed by atoms with E-state index >= 15 is 0 Å². The zero-order valence-corrected chi connectivity index (χ0v) is 10.7. The molecule has 3 nitrogen and oxygen atoms in total. The Bertz CT molecular complexity index is 404. The molecule has 0 aromatic carbocycles. The molecule has 17 heavy (non-hydrogen) atoms. The molecule has 3 unspecified atom stereocenters. The van der Waals surface area contributed by atoms with Gasteiger partial charge in [0.2, 0.25) is 5.91 Å². The van der Waals surface area contributed by atoms with Crippen molar-refractivity contribution in [3.05, 3.63) is 22.4 Å². The summed E-state index contributed by atoms with van der Waals surface area (Å²) in [4.78, 5) is 14.2. The third kappa shape index (κ3) is 2.11. The lowest BCUT2D eigenvalue weighted by molar-refractivity contribution is -0.129. The van der Waals surface area contributed by atoms with Crippen molar-refractivity contribution in [3.8, 4) is 0 Å². The van der Waals surface area contributed by atoms with Gasteiger partial charge in [-0.15, -0.1) is 0 Å². The number of rotatable bonds is 2. The van der Waals surface area contributed by atoms with E-state index in [0.29, 0.717) is 24.3 Å². The third-order valence-corrected chi connectivity index (χ3v) is 4.93. The van der Waals surface area contributed by atoms with Crippen LogP contribution in [0, 0.1) is 11.8 Å². The van der Waals surface area contributed by atoms with Crippen LogP contribution in [0.2, 0.25) is 0 Å². The molecule has 0 spiro atoms. The lowest BCUT2D eigenvalue weighted by atomic mass is 9.98. The Morgan fingerprint density at radius 2 is 2.35 bits per heavy atom. The first kappa shape index (κ1) is 11.2. The molecular weight excluding hydrogens is 232 g/mol. The first-order chi connectivity index (χ1) is 8.24. The predicted octanol–water partition coefficient (Wildman–Crippen LogP) is 1.49. The summed E-state index contributed by atoms with van der Waals surface area (Å²) in [5.74, 6) is 1.49. The van der Waals surface area contributed by atoms with Crippen LogP contribution in [0.5, 0.6) is 0 Å². The smallest absolute Gasteiger partial charge is 0.227 e. The molecule has 0 bridgehead atoms. The van der Waals surface area contributed by atoms with E-state index in [9.17, 15) is 4.79 Å². The minimum Gasteiger partial charge on any atom is -0.342 e. The minimum absolute atomic E-state index is 0.269. The number of hydrogen-bond donors (Lipinski definition) is 1. The fraction of sp³-hybridized carbons (Fsp3) is 0.615. The lowest BCUT2D eigenvalue weighted by Gasteiger charge is -2.18. The first-order valence-corrected chi connectivity index (χ1v) is 7.23. The molecular formula is C13H18N2OS. The second-order valence-corrected chi connectivity index (χ2v) is 6.05. The van der Waals surface area contributed by atoms with Crippen molar-refractivity contribution in [2.45, 2.75) is 25.3 Å². The predicted molar refractivity (Wildman–Crippen MR) is 68.8 cm³/mol. The van der Waals surface area contributed by atoms with E-state index in [1.807, 2.05) is 16.3 Å². The molecule has 1 aromatic rings. The fourth-order valence-corrected chi connectivity index (χ4v) is 3.86. The molecule has 2 fully saturated rings. The van der Waals surface area contributed by atoms with Crippen molar-refractivity contribution < 1.29 is 4.79 Å². The van der Waals surface area contributed by atoms with Gasteiger partial charge in [0.1, 0.15) is 0 Å². The van der Waals surface area contributed by atoms with Crippen LogP contribution in [0.25, 0.3) is 0 Å². The monoisotopic (exact) mass is 250 g/mol. The summed E-state index contributed by atoms with van der Waals surface area (Å²) in [6, 6.07) is 2.35. The summed E-state index contributed by atoms with van der Waals surface area (Å²) in [6.07, 6.45) is 2.90. The highest BCUT2D eigenvalue weighted by atomic mass is 32.1. The molecule has 1 saturated heterocycles. The Hall–Kier alpha value is -0.870. The highest BCUT2D eigenvalue weighted by molar-refractivity contribution is 7.07. The number of nitrogens with two attached hydrogens (primary N) is 1. The van der Waals surface area contributed by atoms with Gasteiger partial charge in [0.25, 0.3) is 0 Å². The van der Waals surface area contributed by atoms with Gasteiger partial charge in [0, 0.05) is 19.1 Å². The van der Waals surface area contributed by atoms with Gasteiger partial charge in [-0.25, -0.2) is 0 Å². The number of hydrogen-bond acceptors (Lipinski definition) is 3. The third-order valence-electron chi connectivity index (χ3n) is 4.20. The standard InChI is InChI=1S/C13H18N2OS/c14-12-2-1-10-6-15(7-11(10)12)13(16)5-9-3-4-17-8-9/h3-4,8,10-12H,1-2,5-7,14H2. The molecule has 92 valence electrons. The number of carbonyl (C=O) groups excluding carboxylic acids is 1. The van der Waals surface area contributed by atoms with Crippen LogP contribution in [-0.2, 0) is 11.2 Å². The number of nitrogens with zero attached hydrogens (tertiary/aromatic N) is 1. The molecule has 2 aliphatic rings. The normalized spacial score (nSPS) is 31.8. The number of fused-ring (bicyclic) bond motifs is 1. The van der Waals surface area contributed by atoms with Gasteiger partial charge in [-0.2, -0.15) is 11.3 Å². The number of carbonyl (C=O) groups is 1. The van der Waals surface area contributed by atoms with E-state index in [1.54, 1.807) is 11.3 Å². The van der Waals surface area contributed by atoms with E-state index < -0.39 is 0 Å². The number of thiophene rings is 1. The largest absolute Gasteiger partial charge is 0.342 e. The Morgan fingerprint density at radius 3 is 3.06 bits per heavy atom. The van der Waals surface area contributed by atoms with E-state index in [0.717, 1.165) is 25.1 Å². The van der Waals surface area contributed by atoms with Crippen molar-refractivity contribution in [3.63, 3.8) is 0 Å². The van der Waals surface area contributed by atoms with Crippen LogP contribution in [0.1, 0.15) is 18.4 Å². The van der Waals surface area contributed by atoms with Crippen LogP contribution < -0.4 is 5.73 Å². The second kappa shape index (κ2) is 4.42. The molecule has 2 N–H and O–H groups in total. The topological polar surface area (TPSA) is 46.3 Å². The van der Waals surface area contributed by atoms with Crippen LogP contribution in [0.3, 0.4) is 0 Å². The molecule has 2 heterocycles. The molecule has 1 aliphatic carbocycles. The Labute approximate surface area is 106 Å². The molecule has 3 atom stereocenters. The number of amides is 1. The van der Waals surface area contributed by atoms with Crippen molar-refractivity contribution in [1.29, 1.82) is 0 Å². The highest BCUT2D eigenvalue weighted by Gasteiger charge is 2.42. The van der Waals surface area contributed by atoms with Gasteiger partial charge < -0.3 is 10.6 Å². The molecule has 0 radical (unpaired) electrons. The van der Waals surface area contributed by atoms with Gasteiger partial charge >= 0.3 is 0 Å². The summed E-state index contributed by atoms with van der Waals surface area (Å²) < 4.78 is 0. The quantitative estimate of drug-likeness (QED) is 0.864. The van der Waals surface area contributed by atoms with Crippen LogP contribution in [0.4, 0.5) is 0 Å². The lowest BCUT2D eigenvalue weighted by Crippen LogP contribution is -2.34. The van der Waals surface area contributed by atoms with Crippen molar-refractivity contribution in [1.82, 2.24) is 4.90 Å². The zero-order chi connectivity index (χ0) is 11.8. The van der Waals surface area contributed by atoms with Crippen molar-refractivity contribution >= 4 is 17.2 Å². The maximum Gasteiger partial charge on any atom is 0.227 e. The van der Waals surface area contributed by atoms with E-state index in [-0.39, 0.29) is 5.91 Å². The summed E-state index contributed by atoms with van der Waals surface area (Å²) in [5, 5.41) is 4.08. The van der Waals surface area contributed by atoms with E-state index in [4.69, 9.17) is 5.73 Å². The summed E-state index contributed by atoms with van der Waals surface area (Å²) in [7, 11) is 0. The van der Waals surface area contributed by atoms with Gasteiger partial charge in [-0.1, -0.05) is 0 Å². The molecule has 4 heteroatoms. The number of likely N-dealkylation sites (tertiary alicyclic amines) is 1. The Balaban J connectivity index is 1.61. The van der Waals surface area contributed by atoms with Crippen LogP contribution in [-0.4, -0.2) is 29.9 Å². The first-order valence-electron chi connectivity index (χ1n) is 6.28. The summed E-state index contributed by atoms with van der Waals surface area (Å²) in [6.45, 7) is 1.82. The molecule has 1 amide bonds. The van der Waals surface area contributed by atoms with Gasteiger partial charge in [-0.05, 0) is 47.1 Å². The average Bonchev–Trinajstić information content (AvgIpc) is 2.97. The van der Waals surface area contributed by atoms with Crippen molar-refractivity contribution in [2.75, 3.05) is 13.1 Å². The Morgan fingerprint density at radius 1 is 1.47 bits per heavy atom. The van der Waals surface area contributed by atoms with Gasteiger partial charge in [0.05, 0.1) is 6.42 Å². The van der Waals surface area contributed by atoms with E-state index in [1.165, 1.54) is 6.42 Å². The maximum absolute atomic E-state index is 12.1. The average molecular weight is 250 g/mol.